The number of methoxy groups -OCH3 is 1. The van der Waals surface area contributed by atoms with Crippen LogP contribution in [-0.4, -0.2) is 43.5 Å². The minimum atomic E-state index is -0.433. The molecule has 0 bridgehead atoms. The van der Waals surface area contributed by atoms with Crippen LogP contribution >= 0.6 is 11.6 Å². The van der Waals surface area contributed by atoms with Crippen LogP contribution in [-0.2, 0) is 4.84 Å². The van der Waals surface area contributed by atoms with E-state index >= 15 is 0 Å². The van der Waals surface area contributed by atoms with E-state index < -0.39 is 6.09 Å². The minimum absolute atomic E-state index is 0.240. The molecule has 0 unspecified atom stereocenters. The Morgan fingerprint density at radius 3 is 2.55 bits per heavy atom. The fraction of sp³-hybridized carbons (Fsp3) is 0.333. The maximum Gasteiger partial charge on any atom is 0.415 e. The van der Waals surface area contributed by atoms with Crippen molar-refractivity contribution in [3.63, 3.8) is 0 Å². The molecule has 1 aliphatic heterocycles. The molecule has 0 spiro atoms. The predicted octanol–water partition coefficient (Wildman–Crippen LogP) is 3.02. The Balaban J connectivity index is 1.98. The average molecular weight is 325 g/mol. The molecule has 0 atom stereocenters. The van der Waals surface area contributed by atoms with Crippen molar-refractivity contribution in [2.75, 3.05) is 27.3 Å². The smallest absolute Gasteiger partial charge is 0.415 e. The van der Waals surface area contributed by atoms with Crippen molar-refractivity contribution in [2.24, 2.45) is 5.16 Å². The molecule has 0 N–H and O–H groups in total. The SMILES string of the molecule is CON=C(Cl)C1=CCCN(C(=O)Oc2ccc(OC)cc2)C1. The van der Waals surface area contributed by atoms with Crippen molar-refractivity contribution in [1.29, 1.82) is 0 Å². The number of ether oxygens (including phenoxy) is 2. The first-order valence-corrected chi connectivity index (χ1v) is 7.08. The third kappa shape index (κ3) is 4.14. The zero-order valence-corrected chi connectivity index (χ0v) is 13.2. The summed E-state index contributed by atoms with van der Waals surface area (Å²) in [5.41, 5.74) is 0.737. The molecule has 0 aromatic heterocycles. The van der Waals surface area contributed by atoms with Gasteiger partial charge in [0.2, 0.25) is 0 Å². The predicted molar refractivity (Wildman–Crippen MR) is 83.6 cm³/mol. The monoisotopic (exact) mass is 324 g/mol. The fourth-order valence-electron chi connectivity index (χ4n) is 2.00. The number of hydrogen-bond donors (Lipinski definition) is 0. The second-order valence-corrected chi connectivity index (χ2v) is 4.91. The minimum Gasteiger partial charge on any atom is -0.497 e. The normalized spacial score (nSPS) is 15.1. The highest BCUT2D eigenvalue weighted by Gasteiger charge is 2.22. The molecule has 22 heavy (non-hydrogen) atoms. The summed E-state index contributed by atoms with van der Waals surface area (Å²) in [6.07, 6.45) is 2.18. The van der Waals surface area contributed by atoms with Gasteiger partial charge in [0.05, 0.1) is 13.7 Å². The van der Waals surface area contributed by atoms with Crippen molar-refractivity contribution < 1.29 is 19.1 Å². The van der Waals surface area contributed by atoms with Crippen molar-refractivity contribution in [3.05, 3.63) is 35.9 Å². The lowest BCUT2D eigenvalue weighted by atomic mass is 10.1. The molecule has 1 amide bonds. The van der Waals surface area contributed by atoms with Gasteiger partial charge >= 0.3 is 6.09 Å². The molecule has 1 aromatic carbocycles. The molecule has 0 saturated carbocycles. The number of rotatable bonds is 4. The Kier molecular flexibility index (Phi) is 5.66. The molecule has 7 heteroatoms. The van der Waals surface area contributed by atoms with Gasteiger partial charge in [-0.3, -0.25) is 0 Å². The number of carbonyl (C=O) groups excluding carboxylic acids is 1. The molecule has 1 heterocycles. The van der Waals surface area contributed by atoms with E-state index in [9.17, 15) is 4.79 Å². The summed E-state index contributed by atoms with van der Waals surface area (Å²) >= 11 is 5.99. The molecule has 0 aliphatic carbocycles. The van der Waals surface area contributed by atoms with Gasteiger partial charge in [-0.1, -0.05) is 22.8 Å². The number of hydrogen-bond acceptors (Lipinski definition) is 5. The molecule has 0 fully saturated rings. The zero-order valence-electron chi connectivity index (χ0n) is 12.4. The van der Waals surface area contributed by atoms with E-state index in [1.54, 1.807) is 36.3 Å². The first-order chi connectivity index (χ1) is 10.6. The highest BCUT2D eigenvalue weighted by molar-refractivity contribution is 6.69. The van der Waals surface area contributed by atoms with Crippen LogP contribution in [0.5, 0.6) is 11.5 Å². The van der Waals surface area contributed by atoms with E-state index in [1.165, 1.54) is 7.11 Å². The Bertz CT molecular complexity index is 584. The van der Waals surface area contributed by atoms with Crippen LogP contribution < -0.4 is 9.47 Å². The fourth-order valence-corrected chi connectivity index (χ4v) is 2.20. The summed E-state index contributed by atoms with van der Waals surface area (Å²) in [5, 5.41) is 3.91. The van der Waals surface area contributed by atoms with Crippen LogP contribution in [0.25, 0.3) is 0 Å². The molecule has 118 valence electrons. The lowest BCUT2D eigenvalue weighted by molar-refractivity contribution is 0.155. The summed E-state index contributed by atoms with van der Waals surface area (Å²) in [5.74, 6) is 1.16. The Morgan fingerprint density at radius 1 is 1.23 bits per heavy atom. The van der Waals surface area contributed by atoms with Crippen LogP contribution in [0, 0.1) is 0 Å². The topological polar surface area (TPSA) is 60.4 Å². The number of halogens is 1. The molecule has 1 aliphatic rings. The maximum atomic E-state index is 12.2. The summed E-state index contributed by atoms with van der Waals surface area (Å²) in [7, 11) is 3.00. The van der Waals surface area contributed by atoms with Crippen LogP contribution in [0.1, 0.15) is 6.42 Å². The Hall–Kier alpha value is -2.21. The molecular weight excluding hydrogens is 308 g/mol. The van der Waals surface area contributed by atoms with E-state index in [2.05, 4.69) is 9.99 Å². The van der Waals surface area contributed by atoms with Crippen LogP contribution in [0.3, 0.4) is 0 Å². The number of amides is 1. The highest BCUT2D eigenvalue weighted by atomic mass is 35.5. The zero-order chi connectivity index (χ0) is 15.9. The van der Waals surface area contributed by atoms with Gasteiger partial charge in [-0.15, -0.1) is 0 Å². The number of benzene rings is 1. The van der Waals surface area contributed by atoms with E-state index in [0.717, 1.165) is 5.57 Å². The van der Waals surface area contributed by atoms with Crippen LogP contribution in [0.15, 0.2) is 41.1 Å². The Morgan fingerprint density at radius 2 is 1.91 bits per heavy atom. The first-order valence-electron chi connectivity index (χ1n) is 6.71. The van der Waals surface area contributed by atoms with E-state index in [1.807, 2.05) is 6.08 Å². The molecule has 0 radical (unpaired) electrons. The Labute approximate surface area is 133 Å². The van der Waals surface area contributed by atoms with Crippen LogP contribution in [0.4, 0.5) is 4.79 Å². The van der Waals surface area contributed by atoms with Gasteiger partial charge in [-0.2, -0.15) is 0 Å². The highest BCUT2D eigenvalue weighted by Crippen LogP contribution is 2.19. The third-order valence-corrected chi connectivity index (χ3v) is 3.42. The van der Waals surface area contributed by atoms with Crippen LogP contribution in [0.2, 0.25) is 0 Å². The standard InChI is InChI=1S/C15H17ClN2O4/c1-20-12-5-7-13(8-6-12)22-15(19)18-9-3-4-11(10-18)14(16)17-21-2/h4-8H,3,9-10H2,1-2H3. The summed E-state index contributed by atoms with van der Waals surface area (Å²) in [6, 6.07) is 6.81. The van der Waals surface area contributed by atoms with E-state index in [0.29, 0.717) is 31.0 Å². The largest absolute Gasteiger partial charge is 0.497 e. The van der Waals surface area contributed by atoms with Crippen molar-refractivity contribution in [2.45, 2.75) is 6.42 Å². The van der Waals surface area contributed by atoms with Gasteiger partial charge in [0.1, 0.15) is 18.6 Å². The summed E-state index contributed by atoms with van der Waals surface area (Å²) in [4.78, 5) is 18.4. The van der Waals surface area contributed by atoms with Crippen molar-refractivity contribution in [1.82, 2.24) is 4.90 Å². The van der Waals surface area contributed by atoms with Crippen molar-refractivity contribution >= 4 is 22.9 Å². The van der Waals surface area contributed by atoms with Gasteiger partial charge < -0.3 is 19.2 Å². The van der Waals surface area contributed by atoms with Gasteiger partial charge in [0.25, 0.3) is 0 Å². The maximum absolute atomic E-state index is 12.2. The lowest BCUT2D eigenvalue weighted by Gasteiger charge is -2.25. The third-order valence-electron chi connectivity index (χ3n) is 3.11. The number of nitrogens with zero attached hydrogens (tertiary/aromatic N) is 2. The van der Waals surface area contributed by atoms with E-state index in [4.69, 9.17) is 21.1 Å². The first kappa shape index (κ1) is 16.2. The summed E-state index contributed by atoms with van der Waals surface area (Å²) in [6.45, 7) is 0.899. The van der Waals surface area contributed by atoms with E-state index in [-0.39, 0.29) is 5.17 Å². The van der Waals surface area contributed by atoms with Gasteiger partial charge in [-0.05, 0) is 30.7 Å². The molecule has 6 nitrogen and oxygen atoms in total. The average Bonchev–Trinajstić information content (AvgIpc) is 2.56. The van der Waals surface area contributed by atoms with Gasteiger partial charge in [0, 0.05) is 12.1 Å². The molecule has 0 saturated heterocycles. The molecule has 1 aromatic rings. The second-order valence-electron chi connectivity index (χ2n) is 4.55. The van der Waals surface area contributed by atoms with Crippen molar-refractivity contribution in [3.8, 4) is 11.5 Å². The molecule has 2 rings (SSSR count). The second kappa shape index (κ2) is 7.70. The van der Waals surface area contributed by atoms with Gasteiger partial charge in [-0.25, -0.2) is 4.79 Å². The van der Waals surface area contributed by atoms with Gasteiger partial charge in [0.15, 0.2) is 5.17 Å². The number of carbonyl (C=O) groups is 1. The molecular formula is C15H17ClN2O4. The summed E-state index contributed by atoms with van der Waals surface area (Å²) < 4.78 is 10.4. The quantitative estimate of drug-likeness (QED) is 0.631. The number of oxime groups is 1. The lowest BCUT2D eigenvalue weighted by Crippen LogP contribution is -2.38.